The summed E-state index contributed by atoms with van der Waals surface area (Å²) in [6.45, 7) is 2.17. The van der Waals surface area contributed by atoms with Crippen LogP contribution in [0.2, 0.25) is 10.0 Å². The zero-order chi connectivity index (χ0) is 15.5. The Kier molecular flexibility index (Phi) is 4.99. The smallest absolute Gasteiger partial charge is 0.123 e. The summed E-state index contributed by atoms with van der Waals surface area (Å²) in [6.07, 6.45) is 1.16. The van der Waals surface area contributed by atoms with Gasteiger partial charge in [-0.3, -0.25) is 0 Å². The quantitative estimate of drug-likeness (QED) is 0.873. The molecule has 116 valence electrons. The van der Waals surface area contributed by atoms with E-state index in [4.69, 9.17) is 27.9 Å². The third kappa shape index (κ3) is 3.79. The van der Waals surface area contributed by atoms with Crippen molar-refractivity contribution in [2.24, 2.45) is 0 Å². The maximum atomic E-state index is 13.6. The van der Waals surface area contributed by atoms with E-state index in [-0.39, 0.29) is 11.9 Å². The van der Waals surface area contributed by atoms with Crippen molar-refractivity contribution in [2.45, 2.75) is 19.1 Å². The first-order chi connectivity index (χ1) is 10.6. The van der Waals surface area contributed by atoms with Gasteiger partial charge in [0.25, 0.3) is 0 Å². The van der Waals surface area contributed by atoms with Crippen molar-refractivity contribution in [2.75, 3.05) is 13.1 Å². The van der Waals surface area contributed by atoms with Gasteiger partial charge in [0.15, 0.2) is 0 Å². The van der Waals surface area contributed by atoms with Crippen molar-refractivity contribution in [3.63, 3.8) is 0 Å². The first-order valence-corrected chi connectivity index (χ1v) is 7.94. The van der Waals surface area contributed by atoms with Gasteiger partial charge in [0, 0.05) is 16.6 Å². The third-order valence-electron chi connectivity index (χ3n) is 3.73. The van der Waals surface area contributed by atoms with Crippen LogP contribution in [0.1, 0.15) is 12.0 Å². The van der Waals surface area contributed by atoms with Crippen molar-refractivity contribution in [3.05, 3.63) is 57.8 Å². The zero-order valence-corrected chi connectivity index (χ0v) is 13.4. The largest absolute Gasteiger partial charge is 0.372 e. The van der Waals surface area contributed by atoms with Gasteiger partial charge < -0.3 is 10.1 Å². The van der Waals surface area contributed by atoms with Crippen LogP contribution < -0.4 is 5.32 Å². The predicted molar refractivity (Wildman–Crippen MR) is 87.9 cm³/mol. The Balaban J connectivity index is 1.89. The Morgan fingerprint density at radius 2 is 1.91 bits per heavy atom. The number of halogens is 3. The number of benzene rings is 2. The molecule has 1 fully saturated rings. The van der Waals surface area contributed by atoms with E-state index >= 15 is 0 Å². The lowest BCUT2D eigenvalue weighted by Gasteiger charge is -2.14. The minimum atomic E-state index is -0.278. The molecule has 0 aliphatic carbocycles. The SMILES string of the molecule is Fc1ccc(-c2cc(Cl)cc(Cl)c2)c(COC2CCNC2)c1. The second-order valence-corrected chi connectivity index (χ2v) is 6.26. The van der Waals surface area contributed by atoms with Crippen molar-refractivity contribution in [3.8, 4) is 11.1 Å². The first kappa shape index (κ1) is 15.8. The van der Waals surface area contributed by atoms with Crippen LogP contribution in [0.3, 0.4) is 0 Å². The first-order valence-electron chi connectivity index (χ1n) is 7.19. The van der Waals surface area contributed by atoms with Gasteiger partial charge in [-0.25, -0.2) is 4.39 Å². The number of hydrogen-bond donors (Lipinski definition) is 1. The van der Waals surface area contributed by atoms with Gasteiger partial charge in [-0.1, -0.05) is 29.3 Å². The summed E-state index contributed by atoms with van der Waals surface area (Å²) in [5.74, 6) is -0.278. The second kappa shape index (κ2) is 6.97. The van der Waals surface area contributed by atoms with Crippen LogP contribution >= 0.6 is 23.2 Å². The molecule has 1 atom stereocenters. The lowest BCUT2D eigenvalue weighted by atomic mass is 10.00. The summed E-state index contributed by atoms with van der Waals surface area (Å²) in [6, 6.07) is 10.00. The molecule has 0 bridgehead atoms. The van der Waals surface area contributed by atoms with Crippen molar-refractivity contribution in [1.29, 1.82) is 0 Å². The molecular formula is C17H16Cl2FNO. The van der Waals surface area contributed by atoms with E-state index in [2.05, 4.69) is 5.32 Å². The lowest BCUT2D eigenvalue weighted by Crippen LogP contribution is -2.16. The highest BCUT2D eigenvalue weighted by Crippen LogP contribution is 2.30. The molecule has 22 heavy (non-hydrogen) atoms. The molecule has 0 saturated carbocycles. The van der Waals surface area contributed by atoms with Crippen molar-refractivity contribution in [1.82, 2.24) is 5.32 Å². The molecule has 1 aliphatic heterocycles. The van der Waals surface area contributed by atoms with E-state index in [1.807, 2.05) is 12.1 Å². The summed E-state index contributed by atoms with van der Waals surface area (Å²) >= 11 is 12.1. The summed E-state index contributed by atoms with van der Waals surface area (Å²) in [4.78, 5) is 0. The summed E-state index contributed by atoms with van der Waals surface area (Å²) in [5, 5.41) is 4.36. The molecule has 0 amide bonds. The highest BCUT2D eigenvalue weighted by molar-refractivity contribution is 6.35. The maximum absolute atomic E-state index is 13.6. The minimum absolute atomic E-state index is 0.180. The zero-order valence-electron chi connectivity index (χ0n) is 11.9. The molecular weight excluding hydrogens is 324 g/mol. The topological polar surface area (TPSA) is 21.3 Å². The van der Waals surface area contributed by atoms with E-state index in [1.54, 1.807) is 12.1 Å². The van der Waals surface area contributed by atoms with Gasteiger partial charge >= 0.3 is 0 Å². The molecule has 2 nitrogen and oxygen atoms in total. The second-order valence-electron chi connectivity index (χ2n) is 5.39. The monoisotopic (exact) mass is 339 g/mol. The molecule has 1 aliphatic rings. The van der Waals surface area contributed by atoms with Crippen LogP contribution in [-0.2, 0) is 11.3 Å². The predicted octanol–water partition coefficient (Wildman–Crippen LogP) is 4.68. The highest BCUT2D eigenvalue weighted by Gasteiger charge is 2.16. The van der Waals surface area contributed by atoms with Gasteiger partial charge in [0.1, 0.15) is 5.82 Å². The Morgan fingerprint density at radius 3 is 2.59 bits per heavy atom. The van der Waals surface area contributed by atoms with E-state index in [9.17, 15) is 4.39 Å². The van der Waals surface area contributed by atoms with Crippen LogP contribution in [0.5, 0.6) is 0 Å². The van der Waals surface area contributed by atoms with Gasteiger partial charge in [-0.05, 0) is 60.0 Å². The van der Waals surface area contributed by atoms with Crippen molar-refractivity contribution < 1.29 is 9.13 Å². The molecule has 2 aromatic carbocycles. The van der Waals surface area contributed by atoms with Gasteiger partial charge in [0.2, 0.25) is 0 Å². The van der Waals surface area contributed by atoms with Crippen LogP contribution in [0.15, 0.2) is 36.4 Å². The lowest BCUT2D eigenvalue weighted by molar-refractivity contribution is 0.0543. The van der Waals surface area contributed by atoms with Gasteiger partial charge in [0.05, 0.1) is 12.7 Å². The Bertz CT molecular complexity index is 651. The minimum Gasteiger partial charge on any atom is -0.372 e. The Labute approximate surface area is 139 Å². The molecule has 0 aromatic heterocycles. The average molecular weight is 340 g/mol. The fraction of sp³-hybridized carbons (Fsp3) is 0.294. The molecule has 0 spiro atoms. The van der Waals surface area contributed by atoms with E-state index in [0.717, 1.165) is 36.2 Å². The summed E-state index contributed by atoms with van der Waals surface area (Å²) < 4.78 is 19.5. The molecule has 1 saturated heterocycles. The van der Waals surface area contributed by atoms with Gasteiger partial charge in [-0.15, -0.1) is 0 Å². The standard InChI is InChI=1S/C17H16Cl2FNO/c18-13-5-11(6-14(19)8-13)17-2-1-15(20)7-12(17)10-22-16-3-4-21-9-16/h1-2,5-8,16,21H,3-4,9-10H2. The number of hydrogen-bond acceptors (Lipinski definition) is 2. The van der Waals surface area contributed by atoms with E-state index in [1.165, 1.54) is 12.1 Å². The van der Waals surface area contributed by atoms with Gasteiger partial charge in [-0.2, -0.15) is 0 Å². The number of nitrogens with one attached hydrogen (secondary N) is 1. The van der Waals surface area contributed by atoms with Crippen LogP contribution in [0, 0.1) is 5.82 Å². The fourth-order valence-corrected chi connectivity index (χ4v) is 3.18. The summed E-state index contributed by atoms with van der Waals surface area (Å²) in [5.41, 5.74) is 2.54. The number of rotatable bonds is 4. The normalized spacial score (nSPS) is 17.9. The number of ether oxygens (including phenoxy) is 1. The Morgan fingerprint density at radius 1 is 1.14 bits per heavy atom. The van der Waals surface area contributed by atoms with Crippen LogP contribution in [0.25, 0.3) is 11.1 Å². The molecule has 1 N–H and O–H groups in total. The molecule has 1 heterocycles. The van der Waals surface area contributed by atoms with E-state index in [0.29, 0.717) is 16.7 Å². The fourth-order valence-electron chi connectivity index (χ4n) is 2.65. The summed E-state index contributed by atoms with van der Waals surface area (Å²) in [7, 11) is 0. The molecule has 3 rings (SSSR count). The average Bonchev–Trinajstić information content (AvgIpc) is 2.97. The molecule has 2 aromatic rings. The van der Waals surface area contributed by atoms with Crippen LogP contribution in [-0.4, -0.2) is 19.2 Å². The van der Waals surface area contributed by atoms with E-state index < -0.39 is 0 Å². The third-order valence-corrected chi connectivity index (χ3v) is 4.17. The molecule has 5 heteroatoms. The molecule has 1 unspecified atom stereocenters. The van der Waals surface area contributed by atoms with Crippen LogP contribution in [0.4, 0.5) is 4.39 Å². The maximum Gasteiger partial charge on any atom is 0.123 e. The Hall–Kier alpha value is -1.13. The highest BCUT2D eigenvalue weighted by atomic mass is 35.5. The van der Waals surface area contributed by atoms with Crippen molar-refractivity contribution >= 4 is 23.2 Å². The molecule has 0 radical (unpaired) electrons.